The summed E-state index contributed by atoms with van der Waals surface area (Å²) in [6, 6.07) is 3.97. The monoisotopic (exact) mass is 279 g/mol. The number of aryl methyl sites for hydroxylation is 1. The molecule has 0 saturated heterocycles. The summed E-state index contributed by atoms with van der Waals surface area (Å²) in [5.74, 6) is 1.66. The Hall–Kier alpha value is -1.09. The summed E-state index contributed by atoms with van der Waals surface area (Å²) in [6.45, 7) is 6.73. The molecule has 2 aromatic heterocycles. The van der Waals surface area contributed by atoms with Crippen LogP contribution in [0.25, 0.3) is 11.2 Å². The van der Waals surface area contributed by atoms with Gasteiger partial charge in [-0.1, -0.05) is 20.8 Å². The van der Waals surface area contributed by atoms with Crippen LogP contribution in [-0.4, -0.2) is 20.4 Å². The highest BCUT2D eigenvalue weighted by molar-refractivity contribution is 6.17. The molecule has 0 fully saturated rings. The van der Waals surface area contributed by atoms with E-state index in [1.807, 2.05) is 18.3 Å². The Kier molecular flexibility index (Phi) is 4.46. The number of fused-ring (bicyclic) bond motifs is 1. The van der Waals surface area contributed by atoms with Gasteiger partial charge in [-0.2, -0.15) is 0 Å². The van der Waals surface area contributed by atoms with Gasteiger partial charge in [0.1, 0.15) is 11.3 Å². The van der Waals surface area contributed by atoms with Crippen LogP contribution in [0.3, 0.4) is 0 Å². The zero-order chi connectivity index (χ0) is 13.9. The smallest absolute Gasteiger partial charge is 0.160 e. The summed E-state index contributed by atoms with van der Waals surface area (Å²) >= 11 is 5.94. The molecule has 0 atom stereocenters. The average molecular weight is 280 g/mol. The molecule has 0 spiro atoms. The Bertz CT molecular complexity index is 535. The molecule has 3 nitrogen and oxygen atoms in total. The maximum atomic E-state index is 5.94. The predicted molar refractivity (Wildman–Crippen MR) is 80.8 cm³/mol. The molecule has 0 aromatic carbocycles. The predicted octanol–water partition coefficient (Wildman–Crippen LogP) is 4.14. The van der Waals surface area contributed by atoms with Gasteiger partial charge in [0.15, 0.2) is 5.65 Å². The lowest BCUT2D eigenvalue weighted by Crippen LogP contribution is -2.33. The van der Waals surface area contributed by atoms with E-state index in [1.165, 1.54) is 0 Å². The lowest BCUT2D eigenvalue weighted by atomic mass is 9.89. The second-order valence-corrected chi connectivity index (χ2v) is 5.31. The van der Waals surface area contributed by atoms with E-state index < -0.39 is 0 Å². The van der Waals surface area contributed by atoms with E-state index >= 15 is 0 Å². The maximum Gasteiger partial charge on any atom is 0.160 e. The number of alkyl halides is 1. The van der Waals surface area contributed by atoms with Crippen LogP contribution in [0.4, 0.5) is 0 Å². The molecule has 4 heteroatoms. The zero-order valence-electron chi connectivity index (χ0n) is 12.0. The van der Waals surface area contributed by atoms with E-state index in [2.05, 4.69) is 30.3 Å². The molecule has 0 amide bonds. The maximum absolute atomic E-state index is 5.94. The van der Waals surface area contributed by atoms with E-state index in [4.69, 9.17) is 16.6 Å². The van der Waals surface area contributed by atoms with Crippen molar-refractivity contribution in [2.24, 2.45) is 0 Å². The molecule has 0 saturated carbocycles. The van der Waals surface area contributed by atoms with Crippen LogP contribution in [0.2, 0.25) is 0 Å². The number of imidazole rings is 1. The van der Waals surface area contributed by atoms with Crippen molar-refractivity contribution < 1.29 is 0 Å². The lowest BCUT2D eigenvalue weighted by molar-refractivity contribution is 0.250. The summed E-state index contributed by atoms with van der Waals surface area (Å²) < 4.78 is 2.34. The Morgan fingerprint density at radius 2 is 1.89 bits per heavy atom. The van der Waals surface area contributed by atoms with Gasteiger partial charge in [0.05, 0.1) is 0 Å². The SMILES string of the molecule is CCC(CC)(CC)n1c(CCCl)nc2cccnc21. The Labute approximate surface area is 120 Å². The normalized spacial score (nSPS) is 12.2. The second-order valence-electron chi connectivity index (χ2n) is 4.93. The van der Waals surface area contributed by atoms with Gasteiger partial charge in [-0.3, -0.25) is 0 Å². The number of hydrogen-bond donors (Lipinski definition) is 0. The molecule has 0 aliphatic carbocycles. The number of rotatable bonds is 6. The fourth-order valence-electron chi connectivity index (χ4n) is 2.93. The molecule has 0 unspecified atom stereocenters. The average Bonchev–Trinajstić information content (AvgIpc) is 2.81. The van der Waals surface area contributed by atoms with Crippen LogP contribution in [-0.2, 0) is 12.0 Å². The van der Waals surface area contributed by atoms with E-state index in [1.54, 1.807) is 0 Å². The van der Waals surface area contributed by atoms with Crippen molar-refractivity contribution >= 4 is 22.8 Å². The number of halogens is 1. The fraction of sp³-hybridized carbons (Fsp3) is 0.600. The third-order valence-electron chi connectivity index (χ3n) is 4.25. The van der Waals surface area contributed by atoms with Gasteiger partial charge in [0.25, 0.3) is 0 Å². The highest BCUT2D eigenvalue weighted by Gasteiger charge is 2.30. The fourth-order valence-corrected chi connectivity index (χ4v) is 3.10. The van der Waals surface area contributed by atoms with Crippen molar-refractivity contribution in [3.05, 3.63) is 24.2 Å². The second kappa shape index (κ2) is 5.91. The van der Waals surface area contributed by atoms with Crippen LogP contribution in [0, 0.1) is 0 Å². The quantitative estimate of drug-likeness (QED) is 0.744. The summed E-state index contributed by atoms with van der Waals surface area (Å²) in [6.07, 6.45) is 5.88. The van der Waals surface area contributed by atoms with Crippen LogP contribution in [0.15, 0.2) is 18.3 Å². The van der Waals surface area contributed by atoms with Crippen molar-refractivity contribution in [1.82, 2.24) is 14.5 Å². The Morgan fingerprint density at radius 1 is 1.21 bits per heavy atom. The highest BCUT2D eigenvalue weighted by Crippen LogP contribution is 2.33. The zero-order valence-corrected chi connectivity index (χ0v) is 12.7. The molecule has 0 radical (unpaired) electrons. The molecule has 0 aliphatic heterocycles. The van der Waals surface area contributed by atoms with Crippen molar-refractivity contribution in [3.63, 3.8) is 0 Å². The van der Waals surface area contributed by atoms with Crippen LogP contribution in [0.5, 0.6) is 0 Å². The summed E-state index contributed by atoms with van der Waals surface area (Å²) in [5.41, 5.74) is 2.07. The first-order valence-electron chi connectivity index (χ1n) is 7.11. The lowest BCUT2D eigenvalue weighted by Gasteiger charge is -2.34. The number of hydrogen-bond acceptors (Lipinski definition) is 2. The van der Waals surface area contributed by atoms with Crippen molar-refractivity contribution in [3.8, 4) is 0 Å². The summed E-state index contributed by atoms with van der Waals surface area (Å²) in [4.78, 5) is 9.28. The Balaban J connectivity index is 2.70. The van der Waals surface area contributed by atoms with Gasteiger partial charge in [-0.15, -0.1) is 11.6 Å². The van der Waals surface area contributed by atoms with Crippen molar-refractivity contribution in [2.45, 2.75) is 52.0 Å². The standard InChI is InChI=1S/C15H22ClN3/c1-4-15(5-2,6-3)19-13(9-10-16)18-12-8-7-11-17-14(12)19/h7-8,11H,4-6,9-10H2,1-3H3. The van der Waals surface area contributed by atoms with Crippen LogP contribution >= 0.6 is 11.6 Å². The van der Waals surface area contributed by atoms with Gasteiger partial charge in [-0.25, -0.2) is 9.97 Å². The summed E-state index contributed by atoms with van der Waals surface area (Å²) in [7, 11) is 0. The summed E-state index contributed by atoms with van der Waals surface area (Å²) in [5, 5.41) is 0. The first kappa shape index (κ1) is 14.3. The van der Waals surface area contributed by atoms with E-state index in [9.17, 15) is 0 Å². The minimum atomic E-state index is 0.102. The van der Waals surface area contributed by atoms with Gasteiger partial charge >= 0.3 is 0 Å². The molecule has 2 heterocycles. The van der Waals surface area contributed by atoms with Gasteiger partial charge in [0, 0.05) is 24.0 Å². The highest BCUT2D eigenvalue weighted by atomic mass is 35.5. The molecule has 104 valence electrons. The number of pyridine rings is 1. The molecule has 0 bridgehead atoms. The van der Waals surface area contributed by atoms with E-state index in [0.717, 1.165) is 42.7 Å². The largest absolute Gasteiger partial charge is 0.306 e. The minimum Gasteiger partial charge on any atom is -0.306 e. The van der Waals surface area contributed by atoms with Crippen LogP contribution < -0.4 is 0 Å². The first-order chi connectivity index (χ1) is 9.22. The molecule has 19 heavy (non-hydrogen) atoms. The molecule has 0 aliphatic rings. The third kappa shape index (κ3) is 2.36. The van der Waals surface area contributed by atoms with Crippen molar-refractivity contribution in [2.75, 3.05) is 5.88 Å². The number of nitrogens with zero attached hydrogens (tertiary/aromatic N) is 3. The molecule has 0 N–H and O–H groups in total. The topological polar surface area (TPSA) is 30.7 Å². The molecular formula is C15H22ClN3. The van der Waals surface area contributed by atoms with Gasteiger partial charge in [0.2, 0.25) is 0 Å². The molecular weight excluding hydrogens is 258 g/mol. The Morgan fingerprint density at radius 3 is 2.47 bits per heavy atom. The van der Waals surface area contributed by atoms with Crippen molar-refractivity contribution in [1.29, 1.82) is 0 Å². The van der Waals surface area contributed by atoms with E-state index in [-0.39, 0.29) is 5.54 Å². The minimum absolute atomic E-state index is 0.102. The van der Waals surface area contributed by atoms with Gasteiger partial charge < -0.3 is 4.57 Å². The number of aromatic nitrogens is 3. The first-order valence-corrected chi connectivity index (χ1v) is 7.64. The molecule has 2 rings (SSSR count). The van der Waals surface area contributed by atoms with E-state index in [0.29, 0.717) is 5.88 Å². The van der Waals surface area contributed by atoms with Gasteiger partial charge in [-0.05, 0) is 31.4 Å². The molecule has 2 aromatic rings. The van der Waals surface area contributed by atoms with Crippen LogP contribution in [0.1, 0.15) is 45.9 Å². The third-order valence-corrected chi connectivity index (χ3v) is 4.44.